The standard InChI is InChI=1S/C12H13IN2O/c1-2-3-10-11(16-15-12(10)14)8-4-6-9(13)7-5-8/h4-7H,2-3H2,1H3,(H2,14,15). The number of anilines is 1. The molecule has 16 heavy (non-hydrogen) atoms. The Balaban J connectivity index is 2.43. The SMILES string of the molecule is CCCc1c(N)noc1-c1ccc(I)cc1. The van der Waals surface area contributed by atoms with Crippen molar-refractivity contribution < 1.29 is 4.52 Å². The average Bonchev–Trinajstić information content (AvgIpc) is 2.63. The van der Waals surface area contributed by atoms with Crippen LogP contribution in [-0.4, -0.2) is 5.16 Å². The number of benzene rings is 1. The summed E-state index contributed by atoms with van der Waals surface area (Å²) in [4.78, 5) is 0. The van der Waals surface area contributed by atoms with Crippen molar-refractivity contribution in [1.82, 2.24) is 5.16 Å². The fourth-order valence-corrected chi connectivity index (χ4v) is 2.00. The van der Waals surface area contributed by atoms with Crippen LogP contribution in [0.1, 0.15) is 18.9 Å². The fourth-order valence-electron chi connectivity index (χ4n) is 1.64. The maximum Gasteiger partial charge on any atom is 0.172 e. The van der Waals surface area contributed by atoms with Crippen LogP contribution in [0.25, 0.3) is 11.3 Å². The summed E-state index contributed by atoms with van der Waals surface area (Å²) in [5.74, 6) is 1.31. The molecule has 0 saturated carbocycles. The van der Waals surface area contributed by atoms with E-state index in [4.69, 9.17) is 10.3 Å². The molecular formula is C12H13IN2O. The molecule has 1 aromatic carbocycles. The Morgan fingerprint density at radius 2 is 2.00 bits per heavy atom. The van der Waals surface area contributed by atoms with E-state index in [1.54, 1.807) is 0 Å². The van der Waals surface area contributed by atoms with Gasteiger partial charge in [-0.05, 0) is 41.1 Å². The molecule has 1 aromatic heterocycles. The molecule has 2 rings (SSSR count). The van der Waals surface area contributed by atoms with Gasteiger partial charge in [0.15, 0.2) is 11.6 Å². The minimum Gasteiger partial charge on any atom is -0.381 e. The van der Waals surface area contributed by atoms with Crippen LogP contribution >= 0.6 is 22.6 Å². The van der Waals surface area contributed by atoms with Gasteiger partial charge in [-0.1, -0.05) is 30.6 Å². The maximum absolute atomic E-state index is 5.79. The van der Waals surface area contributed by atoms with Crippen LogP contribution in [0.2, 0.25) is 0 Å². The molecule has 0 aliphatic rings. The van der Waals surface area contributed by atoms with Crippen LogP contribution in [0.4, 0.5) is 5.82 Å². The smallest absolute Gasteiger partial charge is 0.172 e. The van der Waals surface area contributed by atoms with Gasteiger partial charge >= 0.3 is 0 Å². The molecule has 84 valence electrons. The number of rotatable bonds is 3. The average molecular weight is 328 g/mol. The summed E-state index contributed by atoms with van der Waals surface area (Å²) < 4.78 is 6.50. The van der Waals surface area contributed by atoms with Gasteiger partial charge in [0, 0.05) is 14.7 Å². The van der Waals surface area contributed by atoms with E-state index in [-0.39, 0.29) is 0 Å². The zero-order chi connectivity index (χ0) is 11.5. The van der Waals surface area contributed by atoms with E-state index >= 15 is 0 Å². The predicted octanol–water partition coefficient (Wildman–Crippen LogP) is 3.48. The van der Waals surface area contributed by atoms with Crippen molar-refractivity contribution in [2.75, 3.05) is 5.73 Å². The minimum atomic E-state index is 0.510. The molecule has 0 aliphatic carbocycles. The molecule has 0 saturated heterocycles. The Hall–Kier alpha value is -1.04. The molecule has 0 atom stereocenters. The van der Waals surface area contributed by atoms with Crippen LogP contribution in [0.3, 0.4) is 0 Å². The lowest BCUT2D eigenvalue weighted by Gasteiger charge is -2.00. The highest BCUT2D eigenvalue weighted by Crippen LogP contribution is 2.29. The first-order valence-electron chi connectivity index (χ1n) is 5.22. The predicted molar refractivity (Wildman–Crippen MR) is 73.1 cm³/mol. The van der Waals surface area contributed by atoms with Gasteiger partial charge in [0.05, 0.1) is 0 Å². The van der Waals surface area contributed by atoms with E-state index in [1.807, 2.05) is 24.3 Å². The molecule has 0 unspecified atom stereocenters. The van der Waals surface area contributed by atoms with E-state index in [9.17, 15) is 0 Å². The lowest BCUT2D eigenvalue weighted by Crippen LogP contribution is -1.92. The van der Waals surface area contributed by atoms with Crippen LogP contribution in [0.5, 0.6) is 0 Å². The highest BCUT2D eigenvalue weighted by Gasteiger charge is 2.14. The van der Waals surface area contributed by atoms with Crippen molar-refractivity contribution in [3.63, 3.8) is 0 Å². The summed E-state index contributed by atoms with van der Waals surface area (Å²) in [5, 5.41) is 3.83. The molecule has 0 amide bonds. The Kier molecular flexibility index (Phi) is 3.48. The van der Waals surface area contributed by atoms with Crippen LogP contribution < -0.4 is 5.73 Å². The summed E-state index contributed by atoms with van der Waals surface area (Å²) in [7, 11) is 0. The van der Waals surface area contributed by atoms with Crippen molar-refractivity contribution in [1.29, 1.82) is 0 Å². The van der Waals surface area contributed by atoms with Crippen molar-refractivity contribution in [3.8, 4) is 11.3 Å². The van der Waals surface area contributed by atoms with Crippen LogP contribution in [-0.2, 0) is 6.42 Å². The highest BCUT2D eigenvalue weighted by atomic mass is 127. The molecule has 0 spiro atoms. The summed E-state index contributed by atoms with van der Waals surface area (Å²) in [6.45, 7) is 2.12. The van der Waals surface area contributed by atoms with Gasteiger partial charge in [-0.3, -0.25) is 0 Å². The molecule has 1 heterocycles. The van der Waals surface area contributed by atoms with E-state index in [2.05, 4.69) is 34.7 Å². The van der Waals surface area contributed by atoms with E-state index in [0.29, 0.717) is 5.82 Å². The molecule has 0 fully saturated rings. The van der Waals surface area contributed by atoms with E-state index in [1.165, 1.54) is 3.57 Å². The Morgan fingerprint density at radius 3 is 2.62 bits per heavy atom. The molecular weight excluding hydrogens is 315 g/mol. The largest absolute Gasteiger partial charge is 0.381 e. The van der Waals surface area contributed by atoms with Gasteiger partial charge in [0.1, 0.15) is 0 Å². The number of halogens is 1. The number of aromatic nitrogens is 1. The topological polar surface area (TPSA) is 52.0 Å². The van der Waals surface area contributed by atoms with E-state index in [0.717, 1.165) is 29.7 Å². The lowest BCUT2D eigenvalue weighted by atomic mass is 10.1. The third-order valence-corrected chi connectivity index (χ3v) is 3.14. The number of nitrogens with zero attached hydrogens (tertiary/aromatic N) is 1. The lowest BCUT2D eigenvalue weighted by molar-refractivity contribution is 0.435. The Labute approximate surface area is 108 Å². The summed E-state index contributed by atoms with van der Waals surface area (Å²) in [6.07, 6.45) is 1.93. The molecule has 0 bridgehead atoms. The number of hydrogen-bond donors (Lipinski definition) is 1. The molecule has 0 radical (unpaired) electrons. The zero-order valence-corrected chi connectivity index (χ0v) is 11.2. The number of nitrogen functional groups attached to an aromatic ring is 1. The summed E-state index contributed by atoms with van der Waals surface area (Å²) in [5.41, 5.74) is 7.84. The van der Waals surface area contributed by atoms with Gasteiger partial charge < -0.3 is 10.3 Å². The second-order valence-corrected chi connectivity index (χ2v) is 4.88. The Bertz CT molecular complexity index is 476. The fraction of sp³-hybridized carbons (Fsp3) is 0.250. The molecule has 2 N–H and O–H groups in total. The minimum absolute atomic E-state index is 0.510. The first kappa shape index (κ1) is 11.4. The first-order chi connectivity index (χ1) is 7.72. The monoisotopic (exact) mass is 328 g/mol. The molecule has 2 aromatic rings. The van der Waals surface area contributed by atoms with Gasteiger partial charge in [-0.2, -0.15) is 0 Å². The van der Waals surface area contributed by atoms with Gasteiger partial charge in [-0.15, -0.1) is 0 Å². The quantitative estimate of drug-likeness (QED) is 0.878. The second-order valence-electron chi connectivity index (χ2n) is 3.63. The Morgan fingerprint density at radius 1 is 1.31 bits per heavy atom. The second kappa shape index (κ2) is 4.86. The summed E-state index contributed by atoms with van der Waals surface area (Å²) in [6, 6.07) is 8.15. The summed E-state index contributed by atoms with van der Waals surface area (Å²) >= 11 is 2.28. The molecule has 4 heteroatoms. The van der Waals surface area contributed by atoms with Crippen molar-refractivity contribution in [2.24, 2.45) is 0 Å². The van der Waals surface area contributed by atoms with Crippen LogP contribution in [0.15, 0.2) is 28.8 Å². The van der Waals surface area contributed by atoms with Gasteiger partial charge in [0.2, 0.25) is 0 Å². The van der Waals surface area contributed by atoms with E-state index < -0.39 is 0 Å². The van der Waals surface area contributed by atoms with Crippen molar-refractivity contribution in [3.05, 3.63) is 33.4 Å². The number of hydrogen-bond acceptors (Lipinski definition) is 3. The normalized spacial score (nSPS) is 10.6. The first-order valence-corrected chi connectivity index (χ1v) is 6.30. The van der Waals surface area contributed by atoms with Gasteiger partial charge in [-0.25, -0.2) is 0 Å². The van der Waals surface area contributed by atoms with Crippen molar-refractivity contribution >= 4 is 28.4 Å². The number of nitrogens with two attached hydrogens (primary N) is 1. The third-order valence-electron chi connectivity index (χ3n) is 2.42. The van der Waals surface area contributed by atoms with Crippen molar-refractivity contribution in [2.45, 2.75) is 19.8 Å². The maximum atomic E-state index is 5.79. The zero-order valence-electron chi connectivity index (χ0n) is 9.03. The highest BCUT2D eigenvalue weighted by molar-refractivity contribution is 14.1. The third kappa shape index (κ3) is 2.21. The molecule has 0 aliphatic heterocycles. The van der Waals surface area contributed by atoms with Crippen LogP contribution in [0, 0.1) is 3.57 Å². The van der Waals surface area contributed by atoms with Gasteiger partial charge in [0.25, 0.3) is 0 Å². The molecule has 3 nitrogen and oxygen atoms in total.